The molecular formula is C22H19NOS. The molecule has 4 aromatic rings. The van der Waals surface area contributed by atoms with E-state index in [0.717, 1.165) is 5.75 Å². The van der Waals surface area contributed by atoms with Crippen LogP contribution in [0.15, 0.2) is 90.0 Å². The van der Waals surface area contributed by atoms with Crippen molar-refractivity contribution in [3.8, 4) is 5.75 Å². The quantitative estimate of drug-likeness (QED) is 0.445. The van der Waals surface area contributed by atoms with Gasteiger partial charge in [-0.2, -0.15) is 0 Å². The smallest absolute Gasteiger partial charge is 0.118 e. The van der Waals surface area contributed by atoms with E-state index in [1.165, 1.54) is 26.9 Å². The van der Waals surface area contributed by atoms with Gasteiger partial charge in [0.2, 0.25) is 0 Å². The number of hydrogen-bond acceptors (Lipinski definition) is 2. The number of para-hydroxylation sites is 1. The second-order valence-electron chi connectivity index (χ2n) is 5.87. The van der Waals surface area contributed by atoms with Crippen LogP contribution in [-0.4, -0.2) is 12.1 Å². The lowest BCUT2D eigenvalue weighted by molar-refractivity contribution is 0.414. The molecule has 1 aromatic heterocycles. The minimum absolute atomic E-state index is 0.228. The van der Waals surface area contributed by atoms with Crippen LogP contribution in [0.25, 0.3) is 10.9 Å². The molecule has 0 saturated heterocycles. The van der Waals surface area contributed by atoms with Crippen molar-refractivity contribution in [1.82, 2.24) is 4.98 Å². The molecular weight excluding hydrogens is 326 g/mol. The van der Waals surface area contributed by atoms with Crippen molar-refractivity contribution in [3.63, 3.8) is 0 Å². The summed E-state index contributed by atoms with van der Waals surface area (Å²) in [5.74, 6) is 0.882. The molecule has 0 aliphatic heterocycles. The van der Waals surface area contributed by atoms with E-state index in [0.29, 0.717) is 0 Å². The Hall–Kier alpha value is -2.65. The summed E-state index contributed by atoms with van der Waals surface area (Å²) in [5, 5.41) is 1.50. The first-order chi connectivity index (χ1) is 12.3. The third-order valence-corrected chi connectivity index (χ3v) is 5.63. The van der Waals surface area contributed by atoms with Crippen molar-refractivity contribution in [3.05, 3.63) is 96.2 Å². The van der Waals surface area contributed by atoms with Crippen molar-refractivity contribution in [1.29, 1.82) is 0 Å². The Kier molecular flexibility index (Phi) is 4.49. The van der Waals surface area contributed by atoms with Crippen molar-refractivity contribution >= 4 is 22.7 Å². The fraction of sp³-hybridized carbons (Fsp3) is 0.0909. The lowest BCUT2D eigenvalue weighted by atomic mass is 10.0. The third kappa shape index (κ3) is 3.28. The van der Waals surface area contributed by atoms with E-state index in [-0.39, 0.29) is 5.25 Å². The van der Waals surface area contributed by atoms with Gasteiger partial charge in [-0.15, -0.1) is 11.8 Å². The molecule has 1 unspecified atom stereocenters. The summed E-state index contributed by atoms with van der Waals surface area (Å²) in [7, 11) is 1.70. The molecule has 124 valence electrons. The summed E-state index contributed by atoms with van der Waals surface area (Å²) in [6, 6.07) is 27.4. The standard InChI is InChI=1S/C22H19NOS/c1-24-17-11-13-18(14-12-17)25-22(16-7-3-2-4-8-16)20-15-23-21-10-6-5-9-19(20)21/h2-15,22-23H,1H3. The molecule has 4 rings (SSSR count). The number of fused-ring (bicyclic) bond motifs is 1. The van der Waals surface area contributed by atoms with Crippen LogP contribution in [0.4, 0.5) is 0 Å². The molecule has 1 atom stereocenters. The van der Waals surface area contributed by atoms with E-state index in [9.17, 15) is 0 Å². The molecule has 0 spiro atoms. The fourth-order valence-electron chi connectivity index (χ4n) is 3.04. The summed E-state index contributed by atoms with van der Waals surface area (Å²) in [4.78, 5) is 4.63. The first-order valence-electron chi connectivity index (χ1n) is 8.27. The normalized spacial score (nSPS) is 12.2. The minimum Gasteiger partial charge on any atom is -0.497 e. The van der Waals surface area contributed by atoms with Gasteiger partial charge in [-0.3, -0.25) is 0 Å². The zero-order chi connectivity index (χ0) is 17.1. The van der Waals surface area contributed by atoms with Crippen molar-refractivity contribution in [2.45, 2.75) is 10.1 Å². The molecule has 3 heteroatoms. The van der Waals surface area contributed by atoms with E-state index in [4.69, 9.17) is 4.74 Å². The van der Waals surface area contributed by atoms with Crippen LogP contribution in [-0.2, 0) is 0 Å². The monoisotopic (exact) mass is 345 g/mol. The molecule has 0 aliphatic rings. The average molecular weight is 345 g/mol. The highest BCUT2D eigenvalue weighted by molar-refractivity contribution is 7.99. The van der Waals surface area contributed by atoms with E-state index in [2.05, 4.69) is 77.9 Å². The molecule has 0 radical (unpaired) electrons. The number of ether oxygens (including phenoxy) is 1. The van der Waals surface area contributed by atoms with Crippen molar-refractivity contribution < 1.29 is 4.74 Å². The van der Waals surface area contributed by atoms with Gasteiger partial charge in [0.05, 0.1) is 12.4 Å². The van der Waals surface area contributed by atoms with Gasteiger partial charge < -0.3 is 9.72 Å². The van der Waals surface area contributed by atoms with Gasteiger partial charge in [-0.25, -0.2) is 0 Å². The average Bonchev–Trinajstić information content (AvgIpc) is 3.11. The highest BCUT2D eigenvalue weighted by Gasteiger charge is 2.19. The zero-order valence-electron chi connectivity index (χ0n) is 14.0. The van der Waals surface area contributed by atoms with Gasteiger partial charge in [0.25, 0.3) is 0 Å². The van der Waals surface area contributed by atoms with Gasteiger partial charge >= 0.3 is 0 Å². The molecule has 0 saturated carbocycles. The summed E-state index contributed by atoms with van der Waals surface area (Å²) in [5.41, 5.74) is 3.78. The number of aromatic nitrogens is 1. The van der Waals surface area contributed by atoms with Crippen molar-refractivity contribution in [2.75, 3.05) is 7.11 Å². The topological polar surface area (TPSA) is 25.0 Å². The number of aromatic amines is 1. The molecule has 1 N–H and O–H groups in total. The summed E-state index contributed by atoms with van der Waals surface area (Å²) < 4.78 is 5.27. The van der Waals surface area contributed by atoms with Crippen LogP contribution in [0.2, 0.25) is 0 Å². The molecule has 2 nitrogen and oxygen atoms in total. The molecule has 0 aliphatic carbocycles. The van der Waals surface area contributed by atoms with Crippen LogP contribution in [0.1, 0.15) is 16.4 Å². The predicted octanol–water partition coefficient (Wildman–Crippen LogP) is 6.06. The number of H-pyrrole nitrogens is 1. The number of nitrogens with one attached hydrogen (secondary N) is 1. The van der Waals surface area contributed by atoms with Gasteiger partial charge in [-0.1, -0.05) is 48.5 Å². The first kappa shape index (κ1) is 15.9. The predicted molar refractivity (Wildman–Crippen MR) is 105 cm³/mol. The largest absolute Gasteiger partial charge is 0.497 e. The Balaban J connectivity index is 1.76. The maximum absolute atomic E-state index is 5.27. The second kappa shape index (κ2) is 7.08. The Morgan fingerprint density at radius 3 is 2.32 bits per heavy atom. The lowest BCUT2D eigenvalue weighted by Gasteiger charge is -2.17. The summed E-state index contributed by atoms with van der Waals surface area (Å²) in [6.45, 7) is 0. The highest BCUT2D eigenvalue weighted by Crippen LogP contribution is 2.43. The van der Waals surface area contributed by atoms with Crippen LogP contribution in [0.5, 0.6) is 5.75 Å². The highest BCUT2D eigenvalue weighted by atomic mass is 32.2. The SMILES string of the molecule is COc1ccc(SC(c2ccccc2)c2c[nH]c3ccccc23)cc1. The molecule has 0 fully saturated rings. The maximum Gasteiger partial charge on any atom is 0.118 e. The second-order valence-corrected chi connectivity index (χ2v) is 7.05. The summed E-state index contributed by atoms with van der Waals surface area (Å²) in [6.07, 6.45) is 2.14. The molecule has 0 bridgehead atoms. The van der Waals surface area contributed by atoms with Crippen LogP contribution in [0, 0.1) is 0 Å². The van der Waals surface area contributed by atoms with E-state index in [1.807, 2.05) is 23.9 Å². The van der Waals surface area contributed by atoms with E-state index in [1.54, 1.807) is 7.11 Å². The third-order valence-electron chi connectivity index (χ3n) is 4.32. The van der Waals surface area contributed by atoms with Crippen LogP contribution < -0.4 is 4.74 Å². The number of hydrogen-bond donors (Lipinski definition) is 1. The Bertz CT molecular complexity index is 960. The lowest BCUT2D eigenvalue weighted by Crippen LogP contribution is -1.96. The zero-order valence-corrected chi connectivity index (χ0v) is 14.8. The minimum atomic E-state index is 0.228. The number of rotatable bonds is 5. The van der Waals surface area contributed by atoms with Crippen molar-refractivity contribution in [2.24, 2.45) is 0 Å². The van der Waals surface area contributed by atoms with Gasteiger partial charge in [0.15, 0.2) is 0 Å². The number of thioether (sulfide) groups is 1. The Morgan fingerprint density at radius 1 is 0.840 bits per heavy atom. The van der Waals surface area contributed by atoms with Crippen LogP contribution in [0.3, 0.4) is 0 Å². The van der Waals surface area contributed by atoms with E-state index >= 15 is 0 Å². The Morgan fingerprint density at radius 2 is 1.56 bits per heavy atom. The van der Waals surface area contributed by atoms with Crippen LogP contribution >= 0.6 is 11.8 Å². The van der Waals surface area contributed by atoms with Gasteiger partial charge in [0, 0.05) is 22.0 Å². The Labute approximate surface area is 151 Å². The first-order valence-corrected chi connectivity index (χ1v) is 9.15. The summed E-state index contributed by atoms with van der Waals surface area (Å²) >= 11 is 1.86. The van der Waals surface area contributed by atoms with Gasteiger partial charge in [0.1, 0.15) is 5.75 Å². The molecule has 1 heterocycles. The van der Waals surface area contributed by atoms with E-state index < -0.39 is 0 Å². The number of methoxy groups -OCH3 is 1. The molecule has 3 aromatic carbocycles. The molecule has 0 amide bonds. The molecule has 25 heavy (non-hydrogen) atoms. The van der Waals surface area contributed by atoms with Gasteiger partial charge in [-0.05, 0) is 41.5 Å². The number of benzene rings is 3. The fourth-order valence-corrected chi connectivity index (χ4v) is 4.22. The maximum atomic E-state index is 5.27.